The van der Waals surface area contributed by atoms with Crippen LogP contribution in [-0.4, -0.2) is 17.0 Å². The van der Waals surface area contributed by atoms with E-state index in [0.717, 1.165) is 22.5 Å². The number of rotatable bonds is 3. The molecule has 17 heavy (non-hydrogen) atoms. The second-order valence-electron chi connectivity index (χ2n) is 5.95. The molecular formula is C13H20BrN3. The van der Waals surface area contributed by atoms with Gasteiger partial charge in [0, 0.05) is 19.4 Å². The summed E-state index contributed by atoms with van der Waals surface area (Å²) in [6.45, 7) is 6.65. The second kappa shape index (κ2) is 4.56. The van der Waals surface area contributed by atoms with Crippen LogP contribution in [0.3, 0.4) is 0 Å². The van der Waals surface area contributed by atoms with Gasteiger partial charge in [0.1, 0.15) is 11.6 Å². The van der Waals surface area contributed by atoms with Gasteiger partial charge in [0.25, 0.3) is 0 Å². The van der Waals surface area contributed by atoms with Crippen LogP contribution in [0.15, 0.2) is 4.47 Å². The van der Waals surface area contributed by atoms with E-state index in [9.17, 15) is 0 Å². The van der Waals surface area contributed by atoms with Crippen molar-refractivity contribution < 1.29 is 0 Å². The van der Waals surface area contributed by atoms with Crippen LogP contribution in [0.4, 0.5) is 5.82 Å². The number of nitrogens with zero attached hydrogens (tertiary/aromatic N) is 2. The van der Waals surface area contributed by atoms with Gasteiger partial charge in [-0.25, -0.2) is 9.97 Å². The van der Waals surface area contributed by atoms with Gasteiger partial charge in [0.15, 0.2) is 0 Å². The van der Waals surface area contributed by atoms with Crippen LogP contribution >= 0.6 is 15.9 Å². The van der Waals surface area contributed by atoms with Crippen LogP contribution in [0.2, 0.25) is 0 Å². The third-order valence-electron chi connectivity index (χ3n) is 2.81. The maximum absolute atomic E-state index is 4.73. The first-order chi connectivity index (χ1) is 7.90. The first kappa shape index (κ1) is 12.8. The highest BCUT2D eigenvalue weighted by Crippen LogP contribution is 2.43. The maximum Gasteiger partial charge on any atom is 0.144 e. The Morgan fingerprint density at radius 1 is 1.29 bits per heavy atom. The normalized spacial score (nSPS) is 16.1. The molecule has 1 heterocycles. The summed E-state index contributed by atoms with van der Waals surface area (Å²) < 4.78 is 1.04. The maximum atomic E-state index is 4.73. The molecule has 3 nitrogen and oxygen atoms in total. The molecule has 0 aromatic carbocycles. The van der Waals surface area contributed by atoms with Crippen molar-refractivity contribution in [2.24, 2.45) is 5.41 Å². The van der Waals surface area contributed by atoms with Gasteiger partial charge in [-0.05, 0) is 34.2 Å². The molecule has 1 aliphatic carbocycles. The first-order valence-corrected chi connectivity index (χ1v) is 6.94. The Bertz CT molecular complexity index is 419. The van der Waals surface area contributed by atoms with Gasteiger partial charge < -0.3 is 5.32 Å². The Kier molecular flexibility index (Phi) is 3.43. The van der Waals surface area contributed by atoms with E-state index in [4.69, 9.17) is 4.98 Å². The number of aromatic nitrogens is 2. The lowest BCUT2D eigenvalue weighted by atomic mass is 9.92. The van der Waals surface area contributed by atoms with Crippen LogP contribution in [0.1, 0.15) is 51.0 Å². The van der Waals surface area contributed by atoms with Gasteiger partial charge >= 0.3 is 0 Å². The molecule has 1 aliphatic rings. The smallest absolute Gasteiger partial charge is 0.144 e. The topological polar surface area (TPSA) is 37.8 Å². The van der Waals surface area contributed by atoms with Gasteiger partial charge in [0.05, 0.1) is 10.2 Å². The van der Waals surface area contributed by atoms with Crippen molar-refractivity contribution in [1.29, 1.82) is 0 Å². The summed E-state index contributed by atoms with van der Waals surface area (Å²) in [5.74, 6) is 2.51. The van der Waals surface area contributed by atoms with E-state index in [1.54, 1.807) is 0 Å². The van der Waals surface area contributed by atoms with Gasteiger partial charge in [-0.15, -0.1) is 0 Å². The third kappa shape index (κ3) is 3.18. The Morgan fingerprint density at radius 3 is 2.41 bits per heavy atom. The van der Waals surface area contributed by atoms with Crippen molar-refractivity contribution in [3.05, 3.63) is 16.0 Å². The molecule has 1 saturated carbocycles. The molecule has 1 aromatic rings. The monoisotopic (exact) mass is 297 g/mol. The number of hydrogen-bond donors (Lipinski definition) is 1. The summed E-state index contributed by atoms with van der Waals surface area (Å²) >= 11 is 3.61. The minimum absolute atomic E-state index is 0.222. The van der Waals surface area contributed by atoms with Gasteiger partial charge in [-0.3, -0.25) is 0 Å². The summed E-state index contributed by atoms with van der Waals surface area (Å²) in [5, 5.41) is 3.15. The average molecular weight is 298 g/mol. The molecule has 4 heteroatoms. The van der Waals surface area contributed by atoms with Gasteiger partial charge in [-0.2, -0.15) is 0 Å². The molecule has 0 radical (unpaired) electrons. The Labute approximate surface area is 112 Å². The standard InChI is InChI=1S/C13H20BrN3/c1-13(2,3)7-9-16-11(8-5-6-8)10(14)12(15-4)17-9/h8H,5-7H2,1-4H3,(H,15,16,17). The summed E-state index contributed by atoms with van der Waals surface area (Å²) in [5.41, 5.74) is 1.41. The zero-order valence-corrected chi connectivity index (χ0v) is 12.6. The zero-order valence-electron chi connectivity index (χ0n) is 11.0. The van der Waals surface area contributed by atoms with Gasteiger partial charge in [-0.1, -0.05) is 20.8 Å². The predicted octanol–water partition coefficient (Wildman–Crippen LogP) is 3.75. The molecule has 0 atom stereocenters. The quantitative estimate of drug-likeness (QED) is 0.923. The predicted molar refractivity (Wildman–Crippen MR) is 74.4 cm³/mol. The lowest BCUT2D eigenvalue weighted by molar-refractivity contribution is 0.400. The molecule has 0 bridgehead atoms. The number of halogens is 1. The van der Waals surface area contributed by atoms with Crippen molar-refractivity contribution in [1.82, 2.24) is 9.97 Å². The van der Waals surface area contributed by atoms with Crippen LogP contribution in [0.5, 0.6) is 0 Å². The minimum atomic E-state index is 0.222. The molecule has 0 aliphatic heterocycles. The van der Waals surface area contributed by atoms with E-state index in [2.05, 4.69) is 47.0 Å². The molecule has 1 N–H and O–H groups in total. The molecule has 0 unspecified atom stereocenters. The molecule has 94 valence electrons. The molecule has 1 aromatic heterocycles. The molecular weight excluding hydrogens is 278 g/mol. The Hall–Kier alpha value is -0.640. The number of nitrogens with one attached hydrogen (secondary N) is 1. The van der Waals surface area contributed by atoms with Crippen molar-refractivity contribution in [2.75, 3.05) is 12.4 Å². The highest BCUT2D eigenvalue weighted by molar-refractivity contribution is 9.10. The molecule has 0 spiro atoms. The molecule has 0 saturated heterocycles. The Balaban J connectivity index is 2.36. The fourth-order valence-corrected chi connectivity index (χ4v) is 2.56. The number of hydrogen-bond acceptors (Lipinski definition) is 3. The van der Waals surface area contributed by atoms with Crippen molar-refractivity contribution in [2.45, 2.75) is 46.0 Å². The first-order valence-electron chi connectivity index (χ1n) is 6.15. The summed E-state index contributed by atoms with van der Waals surface area (Å²) in [6.07, 6.45) is 3.43. The van der Waals surface area contributed by atoms with E-state index in [-0.39, 0.29) is 5.41 Å². The van der Waals surface area contributed by atoms with Crippen molar-refractivity contribution in [3.8, 4) is 0 Å². The fraction of sp³-hybridized carbons (Fsp3) is 0.692. The lowest BCUT2D eigenvalue weighted by Crippen LogP contribution is -2.14. The van der Waals surface area contributed by atoms with Crippen LogP contribution < -0.4 is 5.32 Å². The molecule has 1 fully saturated rings. The largest absolute Gasteiger partial charge is 0.372 e. The Morgan fingerprint density at radius 2 is 1.94 bits per heavy atom. The molecule has 0 amide bonds. The van der Waals surface area contributed by atoms with E-state index < -0.39 is 0 Å². The zero-order chi connectivity index (χ0) is 12.6. The van der Waals surface area contributed by atoms with E-state index >= 15 is 0 Å². The highest BCUT2D eigenvalue weighted by atomic mass is 79.9. The average Bonchev–Trinajstić information content (AvgIpc) is 3.01. The van der Waals surface area contributed by atoms with Gasteiger partial charge in [0.2, 0.25) is 0 Å². The van der Waals surface area contributed by atoms with E-state index in [1.807, 2.05) is 7.05 Å². The summed E-state index contributed by atoms with van der Waals surface area (Å²) in [6, 6.07) is 0. The summed E-state index contributed by atoms with van der Waals surface area (Å²) in [7, 11) is 1.91. The van der Waals surface area contributed by atoms with Crippen LogP contribution in [0.25, 0.3) is 0 Å². The van der Waals surface area contributed by atoms with E-state index in [0.29, 0.717) is 5.92 Å². The van der Waals surface area contributed by atoms with Crippen molar-refractivity contribution in [3.63, 3.8) is 0 Å². The summed E-state index contributed by atoms with van der Waals surface area (Å²) in [4.78, 5) is 9.31. The lowest BCUT2D eigenvalue weighted by Gasteiger charge is -2.18. The number of anilines is 1. The van der Waals surface area contributed by atoms with Crippen molar-refractivity contribution >= 4 is 21.7 Å². The van der Waals surface area contributed by atoms with Crippen LogP contribution in [0, 0.1) is 5.41 Å². The molecule has 2 rings (SSSR count). The van der Waals surface area contributed by atoms with E-state index in [1.165, 1.54) is 18.5 Å². The fourth-order valence-electron chi connectivity index (χ4n) is 1.86. The second-order valence-corrected chi connectivity index (χ2v) is 6.74. The minimum Gasteiger partial charge on any atom is -0.372 e. The van der Waals surface area contributed by atoms with Crippen LogP contribution in [-0.2, 0) is 6.42 Å². The third-order valence-corrected chi connectivity index (χ3v) is 3.59. The SMILES string of the molecule is CNc1nc(CC(C)(C)C)nc(C2CC2)c1Br. The highest BCUT2D eigenvalue weighted by Gasteiger charge is 2.29.